The Morgan fingerprint density at radius 2 is 1.94 bits per heavy atom. The summed E-state index contributed by atoms with van der Waals surface area (Å²) in [5.41, 5.74) is 2.30. The summed E-state index contributed by atoms with van der Waals surface area (Å²) < 4.78 is 0. The average Bonchev–Trinajstić information content (AvgIpc) is 2.82. The van der Waals surface area contributed by atoms with Crippen LogP contribution in [0.5, 0.6) is 0 Å². The summed E-state index contributed by atoms with van der Waals surface area (Å²) >= 11 is 0. The van der Waals surface area contributed by atoms with Gasteiger partial charge in [-0.2, -0.15) is 15.4 Å². The smallest absolute Gasteiger partial charge is 0.0964 e. The van der Waals surface area contributed by atoms with Crippen molar-refractivity contribution in [3.63, 3.8) is 0 Å². The Morgan fingerprint density at radius 1 is 1.18 bits per heavy atom. The van der Waals surface area contributed by atoms with Crippen LogP contribution < -0.4 is 0 Å². The number of aromatic nitrogens is 3. The average molecular weight is 230 g/mol. The molecule has 2 aromatic rings. The predicted molar refractivity (Wildman–Crippen MR) is 67.2 cm³/mol. The first-order chi connectivity index (χ1) is 8.25. The zero-order valence-electron chi connectivity index (χ0n) is 10.3. The quantitative estimate of drug-likeness (QED) is 0.856. The van der Waals surface area contributed by atoms with Crippen molar-refractivity contribution in [1.82, 2.24) is 20.3 Å². The molecule has 0 unspecified atom stereocenters. The van der Waals surface area contributed by atoms with E-state index >= 15 is 0 Å². The number of aromatic amines is 1. The fourth-order valence-corrected chi connectivity index (χ4v) is 1.75. The van der Waals surface area contributed by atoms with E-state index < -0.39 is 0 Å². The third kappa shape index (κ3) is 3.39. The molecule has 1 aromatic carbocycles. The van der Waals surface area contributed by atoms with E-state index in [0.29, 0.717) is 6.04 Å². The molecule has 4 heteroatoms. The van der Waals surface area contributed by atoms with Crippen molar-refractivity contribution in [1.29, 1.82) is 0 Å². The molecule has 2 rings (SSSR count). The first-order valence-corrected chi connectivity index (χ1v) is 5.88. The molecule has 1 heterocycles. The molecular weight excluding hydrogens is 212 g/mol. The lowest BCUT2D eigenvalue weighted by atomic mass is 10.2. The van der Waals surface area contributed by atoms with Crippen molar-refractivity contribution in [3.8, 4) is 0 Å². The van der Waals surface area contributed by atoms with E-state index in [4.69, 9.17) is 0 Å². The van der Waals surface area contributed by atoms with Crippen LogP contribution in [0.2, 0.25) is 0 Å². The van der Waals surface area contributed by atoms with E-state index in [-0.39, 0.29) is 0 Å². The number of hydrogen-bond acceptors (Lipinski definition) is 3. The lowest BCUT2D eigenvalue weighted by Gasteiger charge is -2.25. The molecule has 0 atom stereocenters. The van der Waals surface area contributed by atoms with E-state index in [2.05, 4.69) is 58.4 Å². The van der Waals surface area contributed by atoms with Crippen molar-refractivity contribution in [2.75, 3.05) is 0 Å². The van der Waals surface area contributed by atoms with E-state index in [1.54, 1.807) is 6.20 Å². The molecule has 0 aliphatic carbocycles. The minimum absolute atomic E-state index is 0.479. The number of benzene rings is 1. The molecule has 0 spiro atoms. The third-order valence-electron chi connectivity index (χ3n) is 2.79. The molecule has 1 aromatic heterocycles. The molecule has 0 aliphatic rings. The van der Waals surface area contributed by atoms with Crippen LogP contribution in [0.25, 0.3) is 0 Å². The first kappa shape index (κ1) is 11.8. The normalized spacial score (nSPS) is 11.3. The van der Waals surface area contributed by atoms with Crippen LogP contribution in [0.1, 0.15) is 25.1 Å². The third-order valence-corrected chi connectivity index (χ3v) is 2.79. The molecule has 0 fully saturated rings. The zero-order chi connectivity index (χ0) is 12.1. The number of nitrogens with zero attached hydrogens (tertiary/aromatic N) is 3. The number of hydrogen-bond donors (Lipinski definition) is 1. The van der Waals surface area contributed by atoms with Gasteiger partial charge in [0.05, 0.1) is 11.9 Å². The Morgan fingerprint density at radius 3 is 2.53 bits per heavy atom. The van der Waals surface area contributed by atoms with Crippen LogP contribution in [0, 0.1) is 0 Å². The second-order valence-corrected chi connectivity index (χ2v) is 4.45. The Labute approximate surface area is 102 Å². The van der Waals surface area contributed by atoms with E-state index in [9.17, 15) is 0 Å². The number of nitrogens with one attached hydrogen (secondary N) is 1. The molecule has 0 radical (unpaired) electrons. The molecule has 17 heavy (non-hydrogen) atoms. The highest BCUT2D eigenvalue weighted by atomic mass is 15.3. The van der Waals surface area contributed by atoms with E-state index in [0.717, 1.165) is 18.8 Å². The summed E-state index contributed by atoms with van der Waals surface area (Å²) in [5, 5.41) is 10.6. The van der Waals surface area contributed by atoms with Gasteiger partial charge in [0.1, 0.15) is 0 Å². The zero-order valence-corrected chi connectivity index (χ0v) is 10.3. The van der Waals surface area contributed by atoms with Gasteiger partial charge in [0.2, 0.25) is 0 Å². The molecule has 0 amide bonds. The fourth-order valence-electron chi connectivity index (χ4n) is 1.75. The maximum Gasteiger partial charge on any atom is 0.0964 e. The lowest BCUT2D eigenvalue weighted by Crippen LogP contribution is -2.29. The molecular formula is C13H18N4. The molecule has 0 saturated carbocycles. The van der Waals surface area contributed by atoms with Gasteiger partial charge in [-0.05, 0) is 19.4 Å². The molecule has 0 bridgehead atoms. The molecule has 4 nitrogen and oxygen atoms in total. The van der Waals surface area contributed by atoms with E-state index in [1.165, 1.54) is 5.56 Å². The molecule has 0 saturated heterocycles. The Kier molecular flexibility index (Phi) is 3.88. The maximum atomic E-state index is 4.10. The number of rotatable bonds is 5. The highest BCUT2D eigenvalue weighted by Crippen LogP contribution is 2.11. The van der Waals surface area contributed by atoms with Crippen LogP contribution >= 0.6 is 0 Å². The Hall–Kier alpha value is -1.68. The van der Waals surface area contributed by atoms with Gasteiger partial charge in [-0.15, -0.1) is 0 Å². The largest absolute Gasteiger partial charge is 0.291 e. The monoisotopic (exact) mass is 230 g/mol. The maximum absolute atomic E-state index is 4.10. The Bertz CT molecular complexity index is 422. The van der Waals surface area contributed by atoms with Crippen molar-refractivity contribution >= 4 is 0 Å². The SMILES string of the molecule is CC(C)N(Cc1ccccc1)Cc1cn[nH]n1. The second kappa shape index (κ2) is 5.59. The first-order valence-electron chi connectivity index (χ1n) is 5.88. The summed E-state index contributed by atoms with van der Waals surface area (Å²) in [7, 11) is 0. The summed E-state index contributed by atoms with van der Waals surface area (Å²) in [6, 6.07) is 11.0. The fraction of sp³-hybridized carbons (Fsp3) is 0.385. The lowest BCUT2D eigenvalue weighted by molar-refractivity contribution is 0.201. The van der Waals surface area contributed by atoms with Crippen LogP contribution in [-0.2, 0) is 13.1 Å². The van der Waals surface area contributed by atoms with Crippen LogP contribution in [0.3, 0.4) is 0 Å². The molecule has 90 valence electrons. The summed E-state index contributed by atoms with van der Waals surface area (Å²) in [5.74, 6) is 0. The van der Waals surface area contributed by atoms with Gasteiger partial charge in [0, 0.05) is 19.1 Å². The minimum Gasteiger partial charge on any atom is -0.291 e. The standard InChI is InChI=1S/C13H18N4/c1-11(2)17(10-13-8-14-16-15-13)9-12-6-4-3-5-7-12/h3-8,11H,9-10H2,1-2H3,(H,14,15,16). The Balaban J connectivity index is 2.03. The van der Waals surface area contributed by atoms with E-state index in [1.807, 2.05) is 6.07 Å². The van der Waals surface area contributed by atoms with Gasteiger partial charge in [0.25, 0.3) is 0 Å². The highest BCUT2D eigenvalue weighted by Gasteiger charge is 2.11. The van der Waals surface area contributed by atoms with Gasteiger partial charge >= 0.3 is 0 Å². The van der Waals surface area contributed by atoms with Gasteiger partial charge in [0.15, 0.2) is 0 Å². The highest BCUT2D eigenvalue weighted by molar-refractivity contribution is 5.14. The summed E-state index contributed by atoms with van der Waals surface area (Å²) in [6.45, 7) is 6.15. The van der Waals surface area contributed by atoms with Crippen LogP contribution in [0.15, 0.2) is 36.5 Å². The van der Waals surface area contributed by atoms with Crippen LogP contribution in [0.4, 0.5) is 0 Å². The molecule has 0 aliphatic heterocycles. The molecule has 1 N–H and O–H groups in total. The van der Waals surface area contributed by atoms with Crippen molar-refractivity contribution in [3.05, 3.63) is 47.8 Å². The minimum atomic E-state index is 0.479. The van der Waals surface area contributed by atoms with Crippen molar-refractivity contribution in [2.24, 2.45) is 0 Å². The number of H-pyrrole nitrogens is 1. The predicted octanol–water partition coefficient (Wildman–Crippen LogP) is 2.22. The van der Waals surface area contributed by atoms with Crippen molar-refractivity contribution < 1.29 is 0 Å². The summed E-state index contributed by atoms with van der Waals surface area (Å²) in [6.07, 6.45) is 1.78. The van der Waals surface area contributed by atoms with Gasteiger partial charge in [-0.25, -0.2) is 0 Å². The topological polar surface area (TPSA) is 44.8 Å². The van der Waals surface area contributed by atoms with Gasteiger partial charge < -0.3 is 0 Å². The van der Waals surface area contributed by atoms with Gasteiger partial charge in [-0.3, -0.25) is 4.90 Å². The summed E-state index contributed by atoms with van der Waals surface area (Å²) in [4.78, 5) is 2.37. The van der Waals surface area contributed by atoms with Crippen LogP contribution in [-0.4, -0.2) is 26.4 Å². The van der Waals surface area contributed by atoms with Crippen molar-refractivity contribution in [2.45, 2.75) is 33.0 Å². The van der Waals surface area contributed by atoms with Gasteiger partial charge in [-0.1, -0.05) is 30.3 Å². The second-order valence-electron chi connectivity index (χ2n) is 4.45.